The molecule has 0 aromatic heterocycles. The van der Waals surface area contributed by atoms with Crippen molar-refractivity contribution < 1.29 is 4.74 Å². The molecule has 1 aliphatic heterocycles. The van der Waals surface area contributed by atoms with Gasteiger partial charge in [0.1, 0.15) is 0 Å². The third-order valence-corrected chi connectivity index (χ3v) is 4.08. The van der Waals surface area contributed by atoms with Gasteiger partial charge >= 0.3 is 0 Å². The first-order valence-corrected chi connectivity index (χ1v) is 8.26. The van der Waals surface area contributed by atoms with Crippen molar-refractivity contribution in [2.75, 3.05) is 26.2 Å². The van der Waals surface area contributed by atoms with Crippen LogP contribution in [0.5, 0.6) is 0 Å². The fourth-order valence-electron chi connectivity index (χ4n) is 2.78. The topological polar surface area (TPSA) is 24.5 Å². The van der Waals surface area contributed by atoms with E-state index < -0.39 is 0 Å². The van der Waals surface area contributed by atoms with Crippen LogP contribution in [0.25, 0.3) is 0 Å². The highest BCUT2D eigenvalue weighted by Crippen LogP contribution is 2.10. The van der Waals surface area contributed by atoms with E-state index in [2.05, 4.69) is 37.9 Å². The van der Waals surface area contributed by atoms with Crippen LogP contribution in [0.3, 0.4) is 0 Å². The minimum absolute atomic E-state index is 0.372. The van der Waals surface area contributed by atoms with Gasteiger partial charge in [0.05, 0.1) is 12.7 Å². The van der Waals surface area contributed by atoms with Gasteiger partial charge in [-0.15, -0.1) is 0 Å². The lowest BCUT2D eigenvalue weighted by Crippen LogP contribution is -2.50. The SMILES string of the molecule is CCCCC(CCC)NCC1CN(C(C)C)CCO1. The number of rotatable bonds is 9. The fraction of sp³-hybridized carbons (Fsp3) is 1.00. The zero-order valence-corrected chi connectivity index (χ0v) is 13.5. The highest BCUT2D eigenvalue weighted by atomic mass is 16.5. The second-order valence-electron chi connectivity index (χ2n) is 6.12. The molecule has 2 atom stereocenters. The zero-order valence-electron chi connectivity index (χ0n) is 13.5. The number of hydrogen-bond donors (Lipinski definition) is 1. The van der Waals surface area contributed by atoms with Crippen molar-refractivity contribution in [2.24, 2.45) is 0 Å². The molecule has 1 fully saturated rings. The van der Waals surface area contributed by atoms with Crippen molar-refractivity contribution in [2.45, 2.75) is 78.0 Å². The summed E-state index contributed by atoms with van der Waals surface area (Å²) >= 11 is 0. The lowest BCUT2D eigenvalue weighted by atomic mass is 10.0. The van der Waals surface area contributed by atoms with Gasteiger partial charge < -0.3 is 10.1 Å². The van der Waals surface area contributed by atoms with E-state index in [0.29, 0.717) is 18.2 Å². The van der Waals surface area contributed by atoms with Crippen LogP contribution in [0.1, 0.15) is 59.8 Å². The van der Waals surface area contributed by atoms with Crippen molar-refractivity contribution in [3.63, 3.8) is 0 Å². The van der Waals surface area contributed by atoms with E-state index in [1.165, 1.54) is 32.1 Å². The average molecular weight is 270 g/mol. The maximum atomic E-state index is 5.89. The standard InChI is InChI=1S/C16H34N2O/c1-5-7-9-15(8-6-2)17-12-16-13-18(14(3)4)10-11-19-16/h14-17H,5-13H2,1-4H3. The molecule has 1 heterocycles. The second-order valence-corrected chi connectivity index (χ2v) is 6.12. The van der Waals surface area contributed by atoms with Crippen LogP contribution in [-0.4, -0.2) is 49.3 Å². The Kier molecular flexibility index (Phi) is 8.67. The number of nitrogens with one attached hydrogen (secondary N) is 1. The Morgan fingerprint density at radius 1 is 1.21 bits per heavy atom. The molecule has 0 aliphatic carbocycles. The van der Waals surface area contributed by atoms with Crippen molar-refractivity contribution in [1.29, 1.82) is 0 Å². The summed E-state index contributed by atoms with van der Waals surface area (Å²) in [5.41, 5.74) is 0. The summed E-state index contributed by atoms with van der Waals surface area (Å²) in [4.78, 5) is 2.52. The van der Waals surface area contributed by atoms with Crippen LogP contribution >= 0.6 is 0 Å². The van der Waals surface area contributed by atoms with E-state index in [1.807, 2.05) is 0 Å². The number of nitrogens with zero attached hydrogens (tertiary/aromatic N) is 1. The summed E-state index contributed by atoms with van der Waals surface area (Å²) in [5.74, 6) is 0. The van der Waals surface area contributed by atoms with Gasteiger partial charge in [0.25, 0.3) is 0 Å². The quantitative estimate of drug-likeness (QED) is 0.697. The Morgan fingerprint density at radius 3 is 2.63 bits per heavy atom. The molecule has 1 aliphatic rings. The Morgan fingerprint density at radius 2 is 2.00 bits per heavy atom. The molecule has 0 radical (unpaired) electrons. The average Bonchev–Trinajstić information content (AvgIpc) is 2.42. The predicted molar refractivity (Wildman–Crippen MR) is 82.7 cm³/mol. The summed E-state index contributed by atoms with van der Waals surface area (Å²) in [6.45, 7) is 13.2. The molecule has 1 N–H and O–H groups in total. The molecule has 3 heteroatoms. The normalized spacial score (nSPS) is 22.9. The van der Waals surface area contributed by atoms with Crippen molar-refractivity contribution in [3.05, 3.63) is 0 Å². The van der Waals surface area contributed by atoms with Gasteiger partial charge in [-0.3, -0.25) is 4.90 Å². The predicted octanol–water partition coefficient (Wildman–Crippen LogP) is 3.04. The molecule has 1 saturated heterocycles. The first kappa shape index (κ1) is 16.9. The fourth-order valence-corrected chi connectivity index (χ4v) is 2.78. The molecule has 0 bridgehead atoms. The van der Waals surface area contributed by atoms with Crippen molar-refractivity contribution >= 4 is 0 Å². The molecule has 3 nitrogen and oxygen atoms in total. The maximum Gasteiger partial charge on any atom is 0.0826 e. The van der Waals surface area contributed by atoms with Crippen molar-refractivity contribution in [3.8, 4) is 0 Å². The van der Waals surface area contributed by atoms with Crippen LogP contribution in [0.4, 0.5) is 0 Å². The highest BCUT2D eigenvalue weighted by Gasteiger charge is 2.22. The Labute approximate surface area is 120 Å². The minimum Gasteiger partial charge on any atom is -0.374 e. The van der Waals surface area contributed by atoms with E-state index in [9.17, 15) is 0 Å². The van der Waals surface area contributed by atoms with Crippen LogP contribution in [0.2, 0.25) is 0 Å². The van der Waals surface area contributed by atoms with Crippen LogP contribution in [0.15, 0.2) is 0 Å². The number of hydrogen-bond acceptors (Lipinski definition) is 3. The number of unbranched alkanes of at least 4 members (excludes halogenated alkanes) is 1. The molecule has 0 spiro atoms. The molecule has 0 saturated carbocycles. The number of ether oxygens (including phenoxy) is 1. The van der Waals surface area contributed by atoms with E-state index >= 15 is 0 Å². The first-order chi connectivity index (χ1) is 9.17. The molecule has 0 amide bonds. The highest BCUT2D eigenvalue weighted by molar-refractivity contribution is 4.77. The van der Waals surface area contributed by atoms with E-state index in [1.54, 1.807) is 0 Å². The van der Waals surface area contributed by atoms with Gasteiger partial charge in [0.15, 0.2) is 0 Å². The van der Waals surface area contributed by atoms with Gasteiger partial charge in [0.2, 0.25) is 0 Å². The lowest BCUT2D eigenvalue weighted by Gasteiger charge is -2.36. The molecule has 2 unspecified atom stereocenters. The summed E-state index contributed by atoms with van der Waals surface area (Å²) in [5, 5.41) is 3.73. The minimum atomic E-state index is 0.372. The summed E-state index contributed by atoms with van der Waals surface area (Å²) in [7, 11) is 0. The van der Waals surface area contributed by atoms with Crippen LogP contribution in [-0.2, 0) is 4.74 Å². The third-order valence-electron chi connectivity index (χ3n) is 4.08. The molecule has 114 valence electrons. The molecule has 0 aromatic rings. The van der Waals surface area contributed by atoms with E-state index in [4.69, 9.17) is 4.74 Å². The third kappa shape index (κ3) is 6.73. The summed E-state index contributed by atoms with van der Waals surface area (Å²) in [6.07, 6.45) is 6.87. The van der Waals surface area contributed by atoms with Gasteiger partial charge in [0, 0.05) is 31.7 Å². The van der Waals surface area contributed by atoms with Gasteiger partial charge in [-0.1, -0.05) is 33.1 Å². The molecule has 0 aromatic carbocycles. The van der Waals surface area contributed by atoms with E-state index in [0.717, 1.165) is 26.2 Å². The van der Waals surface area contributed by atoms with Crippen LogP contribution < -0.4 is 5.32 Å². The Hall–Kier alpha value is -0.120. The summed E-state index contributed by atoms with van der Waals surface area (Å²) < 4.78 is 5.89. The van der Waals surface area contributed by atoms with E-state index in [-0.39, 0.29) is 0 Å². The lowest BCUT2D eigenvalue weighted by molar-refractivity contribution is -0.0383. The largest absolute Gasteiger partial charge is 0.374 e. The molecular weight excluding hydrogens is 236 g/mol. The van der Waals surface area contributed by atoms with Crippen molar-refractivity contribution in [1.82, 2.24) is 10.2 Å². The molecule has 19 heavy (non-hydrogen) atoms. The number of morpholine rings is 1. The second kappa shape index (κ2) is 9.73. The van der Waals surface area contributed by atoms with Gasteiger partial charge in [-0.2, -0.15) is 0 Å². The van der Waals surface area contributed by atoms with Gasteiger partial charge in [-0.05, 0) is 26.7 Å². The Balaban J connectivity index is 2.28. The zero-order chi connectivity index (χ0) is 14.1. The molecular formula is C16H34N2O. The van der Waals surface area contributed by atoms with Crippen LogP contribution in [0, 0.1) is 0 Å². The Bertz CT molecular complexity index is 221. The maximum absolute atomic E-state index is 5.89. The monoisotopic (exact) mass is 270 g/mol. The summed E-state index contributed by atoms with van der Waals surface area (Å²) in [6, 6.07) is 1.32. The first-order valence-electron chi connectivity index (χ1n) is 8.26. The molecule has 1 rings (SSSR count). The smallest absolute Gasteiger partial charge is 0.0826 e. The van der Waals surface area contributed by atoms with Gasteiger partial charge in [-0.25, -0.2) is 0 Å².